The molecule has 2 amide bonds. The number of benzene rings is 1. The largest absolute Gasteiger partial charge is 0.394 e. The molecule has 3 N–H and O–H groups in total. The number of carbonyl (C=O) groups excluding carboxylic acids is 2. The van der Waals surface area contributed by atoms with E-state index in [0.29, 0.717) is 6.54 Å². The van der Waals surface area contributed by atoms with E-state index in [4.69, 9.17) is 0 Å². The van der Waals surface area contributed by atoms with Crippen molar-refractivity contribution in [1.82, 2.24) is 20.2 Å². The summed E-state index contributed by atoms with van der Waals surface area (Å²) in [7, 11) is 0. The maximum absolute atomic E-state index is 13.0. The molecule has 3 heterocycles. The van der Waals surface area contributed by atoms with Crippen LogP contribution in [0.2, 0.25) is 0 Å². The van der Waals surface area contributed by atoms with Gasteiger partial charge >= 0.3 is 0 Å². The third-order valence-corrected chi connectivity index (χ3v) is 5.71. The molecule has 0 saturated carbocycles. The number of para-hydroxylation sites is 1. The molecule has 0 spiro atoms. The van der Waals surface area contributed by atoms with E-state index in [0.717, 1.165) is 34.6 Å². The van der Waals surface area contributed by atoms with Gasteiger partial charge in [0.2, 0.25) is 5.91 Å². The van der Waals surface area contributed by atoms with Crippen LogP contribution in [-0.2, 0) is 4.79 Å². The van der Waals surface area contributed by atoms with Crippen molar-refractivity contribution in [1.29, 1.82) is 0 Å². The van der Waals surface area contributed by atoms with Gasteiger partial charge in [-0.05, 0) is 30.9 Å². The average Bonchev–Trinajstić information content (AvgIpc) is 3.34. The van der Waals surface area contributed by atoms with Gasteiger partial charge < -0.3 is 20.3 Å². The highest BCUT2D eigenvalue weighted by molar-refractivity contribution is 6.09. The number of aromatic nitrogens is 2. The van der Waals surface area contributed by atoms with Gasteiger partial charge in [0.25, 0.3) is 5.91 Å². The quantitative estimate of drug-likeness (QED) is 0.619. The molecule has 7 nitrogen and oxygen atoms in total. The van der Waals surface area contributed by atoms with Gasteiger partial charge in [0.1, 0.15) is 11.7 Å². The van der Waals surface area contributed by atoms with E-state index in [-0.39, 0.29) is 36.1 Å². The van der Waals surface area contributed by atoms with Crippen molar-refractivity contribution in [2.24, 2.45) is 5.92 Å². The molecule has 0 aliphatic carbocycles. The van der Waals surface area contributed by atoms with Crippen LogP contribution >= 0.6 is 0 Å². The number of rotatable bonds is 5. The standard InChI is InChI=1S/C22H26N4O3/c1-13(2)20(22(29)26-9-5-6-14(26)12-27)25-21(28)18-10-16-15-7-3-4-8-17(15)24-19(16)11-23-18/h3-4,7-8,10-11,13-14,20,24,27H,5-6,9,12H2,1-2H3,(H,25,28). The van der Waals surface area contributed by atoms with Crippen molar-refractivity contribution >= 4 is 33.6 Å². The lowest BCUT2D eigenvalue weighted by atomic mass is 10.0. The van der Waals surface area contributed by atoms with Crippen LogP contribution in [0.3, 0.4) is 0 Å². The minimum atomic E-state index is -0.657. The number of aromatic amines is 1. The van der Waals surface area contributed by atoms with Gasteiger partial charge in [0.05, 0.1) is 24.4 Å². The van der Waals surface area contributed by atoms with Crippen LogP contribution in [0.1, 0.15) is 37.2 Å². The van der Waals surface area contributed by atoms with E-state index in [1.807, 2.05) is 38.1 Å². The summed E-state index contributed by atoms with van der Waals surface area (Å²) in [4.78, 5) is 35.3. The van der Waals surface area contributed by atoms with Gasteiger partial charge in [0, 0.05) is 22.8 Å². The lowest BCUT2D eigenvalue weighted by Crippen LogP contribution is -2.53. The smallest absolute Gasteiger partial charge is 0.270 e. The Hall–Kier alpha value is -2.93. The maximum Gasteiger partial charge on any atom is 0.270 e. The highest BCUT2D eigenvalue weighted by Crippen LogP contribution is 2.25. The van der Waals surface area contributed by atoms with Crippen molar-refractivity contribution in [3.63, 3.8) is 0 Å². The van der Waals surface area contributed by atoms with Crippen LogP contribution < -0.4 is 5.32 Å². The molecule has 3 aromatic rings. The molecule has 152 valence electrons. The van der Waals surface area contributed by atoms with Crippen molar-refractivity contribution in [2.75, 3.05) is 13.2 Å². The first-order valence-corrected chi connectivity index (χ1v) is 10.1. The van der Waals surface area contributed by atoms with Gasteiger partial charge in [0.15, 0.2) is 0 Å². The predicted molar refractivity (Wildman–Crippen MR) is 112 cm³/mol. The summed E-state index contributed by atoms with van der Waals surface area (Å²) >= 11 is 0. The van der Waals surface area contributed by atoms with Gasteiger partial charge in [-0.15, -0.1) is 0 Å². The molecular weight excluding hydrogens is 368 g/mol. The number of nitrogens with one attached hydrogen (secondary N) is 2. The van der Waals surface area contributed by atoms with E-state index < -0.39 is 6.04 Å². The first-order valence-electron chi connectivity index (χ1n) is 10.1. The van der Waals surface area contributed by atoms with Crippen molar-refractivity contribution < 1.29 is 14.7 Å². The number of carbonyl (C=O) groups is 2. The zero-order chi connectivity index (χ0) is 20.5. The zero-order valence-electron chi connectivity index (χ0n) is 16.7. The van der Waals surface area contributed by atoms with Crippen molar-refractivity contribution in [2.45, 2.75) is 38.8 Å². The van der Waals surface area contributed by atoms with Gasteiger partial charge in [-0.2, -0.15) is 0 Å². The Morgan fingerprint density at radius 3 is 2.83 bits per heavy atom. The third kappa shape index (κ3) is 3.58. The van der Waals surface area contributed by atoms with Gasteiger partial charge in [-0.25, -0.2) is 4.98 Å². The Bertz CT molecular complexity index is 1060. The normalized spacial score (nSPS) is 17.9. The van der Waals surface area contributed by atoms with Gasteiger partial charge in [-0.3, -0.25) is 9.59 Å². The second-order valence-electron chi connectivity index (χ2n) is 7.99. The Balaban J connectivity index is 1.59. The summed E-state index contributed by atoms with van der Waals surface area (Å²) in [6, 6.07) is 8.83. The van der Waals surface area contributed by atoms with Crippen LogP contribution in [0.25, 0.3) is 21.8 Å². The second kappa shape index (κ2) is 7.83. The van der Waals surface area contributed by atoms with E-state index >= 15 is 0 Å². The summed E-state index contributed by atoms with van der Waals surface area (Å²) < 4.78 is 0. The Morgan fingerprint density at radius 2 is 2.07 bits per heavy atom. The summed E-state index contributed by atoms with van der Waals surface area (Å²) in [6.07, 6.45) is 3.31. The van der Waals surface area contributed by atoms with E-state index in [2.05, 4.69) is 15.3 Å². The number of nitrogens with zero attached hydrogens (tertiary/aromatic N) is 2. The summed E-state index contributed by atoms with van der Waals surface area (Å²) in [5, 5.41) is 14.4. The fourth-order valence-electron chi connectivity index (χ4n) is 4.10. The number of H-pyrrole nitrogens is 1. The molecule has 29 heavy (non-hydrogen) atoms. The number of amides is 2. The van der Waals surface area contributed by atoms with Crippen LogP contribution in [-0.4, -0.2) is 57.0 Å². The number of pyridine rings is 1. The number of aliphatic hydroxyl groups is 1. The molecule has 1 fully saturated rings. The van der Waals surface area contributed by atoms with Crippen LogP contribution in [0.4, 0.5) is 0 Å². The number of fused-ring (bicyclic) bond motifs is 3. The predicted octanol–water partition coefficient (Wildman–Crippen LogP) is 2.45. The SMILES string of the molecule is CC(C)C(NC(=O)c1cc2c(cn1)[nH]c1ccccc12)C(=O)N1CCCC1CO. The van der Waals surface area contributed by atoms with E-state index in [9.17, 15) is 14.7 Å². The average molecular weight is 394 g/mol. The molecule has 1 aliphatic rings. The number of hydrogen-bond donors (Lipinski definition) is 3. The number of likely N-dealkylation sites (tertiary alicyclic amines) is 1. The topological polar surface area (TPSA) is 98.3 Å². The summed E-state index contributed by atoms with van der Waals surface area (Å²) in [5.41, 5.74) is 2.13. The Labute approximate surface area is 169 Å². The lowest BCUT2D eigenvalue weighted by Gasteiger charge is -2.30. The molecule has 1 aromatic carbocycles. The highest BCUT2D eigenvalue weighted by Gasteiger charge is 2.35. The zero-order valence-corrected chi connectivity index (χ0v) is 16.7. The Kier molecular flexibility index (Phi) is 5.24. The molecule has 2 aromatic heterocycles. The van der Waals surface area contributed by atoms with E-state index in [1.54, 1.807) is 17.2 Å². The molecular formula is C22H26N4O3. The molecule has 4 rings (SSSR count). The Morgan fingerprint density at radius 1 is 1.28 bits per heavy atom. The lowest BCUT2D eigenvalue weighted by molar-refractivity contribution is -0.135. The summed E-state index contributed by atoms with van der Waals surface area (Å²) in [5.74, 6) is -0.592. The third-order valence-electron chi connectivity index (χ3n) is 5.71. The molecule has 7 heteroatoms. The fraction of sp³-hybridized carbons (Fsp3) is 0.409. The van der Waals surface area contributed by atoms with Crippen LogP contribution in [0, 0.1) is 5.92 Å². The first kappa shape index (κ1) is 19.4. The monoisotopic (exact) mass is 394 g/mol. The summed E-state index contributed by atoms with van der Waals surface area (Å²) in [6.45, 7) is 4.37. The molecule has 1 aliphatic heterocycles. The highest BCUT2D eigenvalue weighted by atomic mass is 16.3. The fourth-order valence-corrected chi connectivity index (χ4v) is 4.10. The molecule has 2 atom stereocenters. The first-order chi connectivity index (χ1) is 14.0. The second-order valence-corrected chi connectivity index (χ2v) is 7.99. The van der Waals surface area contributed by atoms with Crippen molar-refractivity contribution in [3.05, 3.63) is 42.2 Å². The number of hydrogen-bond acceptors (Lipinski definition) is 4. The minimum absolute atomic E-state index is 0.0523. The van der Waals surface area contributed by atoms with Gasteiger partial charge in [-0.1, -0.05) is 32.0 Å². The minimum Gasteiger partial charge on any atom is -0.394 e. The molecule has 2 unspecified atom stereocenters. The van der Waals surface area contributed by atoms with Crippen LogP contribution in [0.5, 0.6) is 0 Å². The molecule has 1 saturated heterocycles. The maximum atomic E-state index is 13.0. The van der Waals surface area contributed by atoms with Crippen molar-refractivity contribution in [3.8, 4) is 0 Å². The molecule has 0 radical (unpaired) electrons. The van der Waals surface area contributed by atoms with E-state index in [1.165, 1.54) is 0 Å². The van der Waals surface area contributed by atoms with Crippen LogP contribution in [0.15, 0.2) is 36.5 Å². The number of aliphatic hydroxyl groups excluding tert-OH is 1. The molecule has 0 bridgehead atoms.